The summed E-state index contributed by atoms with van der Waals surface area (Å²) < 4.78 is 5.43. The maximum Gasteiger partial charge on any atom is 0.121 e. The molecule has 0 saturated heterocycles. The first-order chi connectivity index (χ1) is 6.20. The van der Waals surface area contributed by atoms with Crippen LogP contribution in [0.5, 0.6) is 5.75 Å². The third-order valence-electron chi connectivity index (χ3n) is 2.19. The van der Waals surface area contributed by atoms with Crippen molar-refractivity contribution in [3.8, 4) is 5.75 Å². The van der Waals surface area contributed by atoms with Gasteiger partial charge in [-0.2, -0.15) is 0 Å². The van der Waals surface area contributed by atoms with Crippen molar-refractivity contribution in [1.82, 2.24) is 0 Å². The standard InChI is InChI=1S/C9H9BClNO/c10-7-8(11)6(12)4-5-2-1-3-13-9(5)7/h4H,1-3,12H2. The molecule has 2 nitrogen and oxygen atoms in total. The van der Waals surface area contributed by atoms with Crippen molar-refractivity contribution in [3.05, 3.63) is 16.7 Å². The third-order valence-corrected chi connectivity index (χ3v) is 2.61. The van der Waals surface area contributed by atoms with Gasteiger partial charge in [-0.05, 0) is 29.9 Å². The van der Waals surface area contributed by atoms with Gasteiger partial charge in [0.25, 0.3) is 0 Å². The zero-order valence-corrected chi connectivity index (χ0v) is 7.90. The highest BCUT2D eigenvalue weighted by molar-refractivity contribution is 6.48. The maximum absolute atomic E-state index is 5.88. The summed E-state index contributed by atoms with van der Waals surface area (Å²) in [5.41, 5.74) is 7.74. The molecule has 2 radical (unpaired) electrons. The van der Waals surface area contributed by atoms with E-state index in [1.54, 1.807) is 0 Å². The molecular weight excluding hydrogens is 184 g/mol. The van der Waals surface area contributed by atoms with Crippen LogP contribution in [0.2, 0.25) is 5.02 Å². The van der Waals surface area contributed by atoms with Gasteiger partial charge in [-0.3, -0.25) is 0 Å². The van der Waals surface area contributed by atoms with Crippen molar-refractivity contribution in [2.24, 2.45) is 0 Å². The molecule has 0 saturated carbocycles. The van der Waals surface area contributed by atoms with Gasteiger partial charge in [0, 0.05) is 0 Å². The molecule has 66 valence electrons. The zero-order chi connectivity index (χ0) is 9.42. The van der Waals surface area contributed by atoms with Crippen LogP contribution in [0.1, 0.15) is 12.0 Å². The molecule has 1 heterocycles. The van der Waals surface area contributed by atoms with Crippen molar-refractivity contribution in [2.45, 2.75) is 12.8 Å². The van der Waals surface area contributed by atoms with Crippen LogP contribution in [0.3, 0.4) is 0 Å². The molecule has 0 bridgehead atoms. The smallest absolute Gasteiger partial charge is 0.121 e. The first kappa shape index (κ1) is 8.76. The first-order valence-corrected chi connectivity index (χ1v) is 4.57. The summed E-state index contributed by atoms with van der Waals surface area (Å²) in [5.74, 6) is 0.713. The molecule has 0 atom stereocenters. The Bertz CT molecular complexity index is 354. The molecule has 2 rings (SSSR count). The number of aryl methyl sites for hydroxylation is 1. The average Bonchev–Trinajstić information content (AvgIpc) is 2.15. The normalized spacial score (nSPS) is 14.8. The molecule has 2 N–H and O–H groups in total. The van der Waals surface area contributed by atoms with Crippen molar-refractivity contribution >= 4 is 30.6 Å². The number of rotatable bonds is 0. The first-order valence-electron chi connectivity index (χ1n) is 4.19. The van der Waals surface area contributed by atoms with Crippen LogP contribution in [-0.2, 0) is 6.42 Å². The van der Waals surface area contributed by atoms with E-state index in [9.17, 15) is 0 Å². The molecule has 1 aliphatic rings. The van der Waals surface area contributed by atoms with E-state index in [1.807, 2.05) is 6.07 Å². The number of ether oxygens (including phenoxy) is 1. The van der Waals surface area contributed by atoms with Crippen molar-refractivity contribution in [3.63, 3.8) is 0 Å². The van der Waals surface area contributed by atoms with Gasteiger partial charge >= 0.3 is 0 Å². The van der Waals surface area contributed by atoms with Crippen molar-refractivity contribution in [1.29, 1.82) is 0 Å². The molecule has 0 amide bonds. The molecule has 0 aromatic heterocycles. The summed E-state index contributed by atoms with van der Waals surface area (Å²) in [5, 5.41) is 0.403. The van der Waals surface area contributed by atoms with E-state index in [0.717, 1.165) is 18.4 Å². The minimum atomic E-state index is 0.403. The molecule has 1 aromatic carbocycles. The van der Waals surface area contributed by atoms with Gasteiger partial charge in [-0.1, -0.05) is 11.6 Å². The largest absolute Gasteiger partial charge is 0.494 e. The zero-order valence-electron chi connectivity index (χ0n) is 7.14. The molecule has 13 heavy (non-hydrogen) atoms. The van der Waals surface area contributed by atoms with Gasteiger partial charge < -0.3 is 10.5 Å². The Morgan fingerprint density at radius 3 is 3.08 bits per heavy atom. The molecule has 0 spiro atoms. The Kier molecular flexibility index (Phi) is 2.12. The lowest BCUT2D eigenvalue weighted by Crippen LogP contribution is -2.19. The highest BCUT2D eigenvalue weighted by Gasteiger charge is 2.16. The van der Waals surface area contributed by atoms with Crippen molar-refractivity contribution < 1.29 is 4.74 Å². The van der Waals surface area contributed by atoms with Crippen LogP contribution in [0, 0.1) is 0 Å². The molecule has 0 unspecified atom stereocenters. The van der Waals surface area contributed by atoms with Gasteiger partial charge in [0.05, 0.1) is 17.3 Å². The maximum atomic E-state index is 5.88. The number of anilines is 1. The number of hydrogen-bond acceptors (Lipinski definition) is 2. The second kappa shape index (κ2) is 3.15. The summed E-state index contributed by atoms with van der Waals surface area (Å²) in [7, 11) is 5.77. The number of halogens is 1. The number of benzene rings is 1. The summed E-state index contributed by atoms with van der Waals surface area (Å²) in [4.78, 5) is 0. The summed E-state index contributed by atoms with van der Waals surface area (Å²) in [6.45, 7) is 0.706. The highest BCUT2D eigenvalue weighted by atomic mass is 35.5. The number of nitrogens with two attached hydrogens (primary N) is 1. The van der Waals surface area contributed by atoms with Crippen LogP contribution in [0.4, 0.5) is 5.69 Å². The van der Waals surface area contributed by atoms with E-state index in [2.05, 4.69) is 0 Å². The van der Waals surface area contributed by atoms with Gasteiger partial charge in [-0.25, -0.2) is 0 Å². The minimum Gasteiger partial charge on any atom is -0.494 e. The quantitative estimate of drug-likeness (QED) is 0.494. The Morgan fingerprint density at radius 1 is 1.54 bits per heavy atom. The van der Waals surface area contributed by atoms with Gasteiger partial charge in [0.15, 0.2) is 0 Å². The predicted octanol–water partition coefficient (Wildman–Crippen LogP) is 1.04. The number of nitrogen functional groups attached to an aromatic ring is 1. The van der Waals surface area contributed by atoms with E-state index in [1.165, 1.54) is 0 Å². The van der Waals surface area contributed by atoms with Crippen LogP contribution in [0.25, 0.3) is 0 Å². The third kappa shape index (κ3) is 1.37. The van der Waals surface area contributed by atoms with Gasteiger partial charge in [0.1, 0.15) is 13.6 Å². The second-order valence-electron chi connectivity index (χ2n) is 3.13. The summed E-state index contributed by atoms with van der Waals surface area (Å²) in [6.07, 6.45) is 1.97. The fourth-order valence-electron chi connectivity index (χ4n) is 1.54. The lowest BCUT2D eigenvalue weighted by atomic mass is 9.89. The molecule has 0 aliphatic carbocycles. The molecule has 1 aromatic rings. The van der Waals surface area contributed by atoms with Crippen LogP contribution >= 0.6 is 11.6 Å². The van der Waals surface area contributed by atoms with E-state index in [-0.39, 0.29) is 0 Å². The second-order valence-corrected chi connectivity index (χ2v) is 3.51. The Balaban J connectivity index is 2.60. The number of hydrogen-bond donors (Lipinski definition) is 1. The van der Waals surface area contributed by atoms with E-state index < -0.39 is 0 Å². The molecule has 4 heteroatoms. The minimum absolute atomic E-state index is 0.403. The lowest BCUT2D eigenvalue weighted by Gasteiger charge is -2.21. The van der Waals surface area contributed by atoms with Crippen LogP contribution < -0.4 is 15.9 Å². The Labute approximate surface area is 83.4 Å². The lowest BCUT2D eigenvalue weighted by molar-refractivity contribution is 0.291. The van der Waals surface area contributed by atoms with Crippen LogP contribution in [0.15, 0.2) is 6.07 Å². The summed E-state index contributed by atoms with van der Waals surface area (Å²) >= 11 is 5.88. The Morgan fingerprint density at radius 2 is 2.31 bits per heavy atom. The van der Waals surface area contributed by atoms with Gasteiger partial charge in [-0.15, -0.1) is 0 Å². The fraction of sp³-hybridized carbons (Fsp3) is 0.333. The SMILES string of the molecule is [B]c1c(Cl)c(N)cc2c1OCCC2. The van der Waals surface area contributed by atoms with Crippen LogP contribution in [-0.4, -0.2) is 14.5 Å². The summed E-state index contributed by atoms with van der Waals surface area (Å²) in [6, 6.07) is 1.84. The average molecular weight is 193 g/mol. The molecule has 0 fully saturated rings. The monoisotopic (exact) mass is 193 g/mol. The topological polar surface area (TPSA) is 35.2 Å². The highest BCUT2D eigenvalue weighted by Crippen LogP contribution is 2.29. The fourth-order valence-corrected chi connectivity index (χ4v) is 1.68. The van der Waals surface area contributed by atoms with E-state index >= 15 is 0 Å². The Hall–Kier alpha value is -0.825. The van der Waals surface area contributed by atoms with Gasteiger partial charge in [0.2, 0.25) is 0 Å². The predicted molar refractivity (Wildman–Crippen MR) is 55.1 cm³/mol. The van der Waals surface area contributed by atoms with E-state index in [0.29, 0.717) is 28.5 Å². The van der Waals surface area contributed by atoms with Crippen molar-refractivity contribution in [2.75, 3.05) is 12.3 Å². The van der Waals surface area contributed by atoms with E-state index in [4.69, 9.17) is 29.9 Å². The molecular formula is C9H9BClNO. The molecule has 1 aliphatic heterocycles. The number of fused-ring (bicyclic) bond motifs is 1.